The topological polar surface area (TPSA) is 80.3 Å². The summed E-state index contributed by atoms with van der Waals surface area (Å²) in [7, 11) is -3.56. The van der Waals surface area contributed by atoms with Gasteiger partial charge in [0.2, 0.25) is 5.88 Å². The van der Waals surface area contributed by atoms with Gasteiger partial charge in [-0.2, -0.15) is 13.1 Å². The lowest BCUT2D eigenvalue weighted by Crippen LogP contribution is -2.34. The molecule has 0 unspecified atom stereocenters. The second-order valence-corrected chi connectivity index (χ2v) is 7.64. The molecule has 0 saturated carbocycles. The molecule has 1 aliphatic heterocycles. The van der Waals surface area contributed by atoms with E-state index in [0.29, 0.717) is 27.9 Å². The van der Waals surface area contributed by atoms with Crippen molar-refractivity contribution in [3.05, 3.63) is 71.4 Å². The number of nitrogens with one attached hydrogen (secondary N) is 2. The number of pyridine rings is 1. The number of ether oxygens (including phenoxy) is 1. The summed E-state index contributed by atoms with van der Waals surface area (Å²) in [6, 6.07) is 16.2. The molecule has 26 heavy (non-hydrogen) atoms. The summed E-state index contributed by atoms with van der Waals surface area (Å²) < 4.78 is 34.4. The summed E-state index contributed by atoms with van der Waals surface area (Å²) in [5.74, 6) is 1.13. The molecule has 0 saturated heterocycles. The smallest absolute Gasteiger partial charge is 0.299 e. The monoisotopic (exact) mass is 387 g/mol. The van der Waals surface area contributed by atoms with Crippen LogP contribution in [0.1, 0.15) is 5.56 Å². The SMILES string of the molecule is O=S1(=O)NCc2cc(Cl)cc(-c3ccc(Oc4ccccn4)cc3)c2N1. The molecule has 0 amide bonds. The van der Waals surface area contributed by atoms with Gasteiger partial charge in [-0.3, -0.25) is 4.72 Å². The lowest BCUT2D eigenvalue weighted by atomic mass is 10.00. The molecule has 6 nitrogen and oxygen atoms in total. The van der Waals surface area contributed by atoms with Crippen molar-refractivity contribution in [3.8, 4) is 22.8 Å². The number of anilines is 1. The Kier molecular flexibility index (Phi) is 4.28. The third-order valence-corrected chi connectivity index (χ3v) is 5.11. The van der Waals surface area contributed by atoms with Crippen molar-refractivity contribution in [1.29, 1.82) is 0 Å². The summed E-state index contributed by atoms with van der Waals surface area (Å²) in [5, 5.41) is 0.537. The van der Waals surface area contributed by atoms with Gasteiger partial charge < -0.3 is 4.74 Å². The Morgan fingerprint density at radius 1 is 1.08 bits per heavy atom. The number of aromatic nitrogens is 1. The average molecular weight is 388 g/mol. The Hall–Kier alpha value is -2.61. The fourth-order valence-electron chi connectivity index (χ4n) is 2.72. The molecule has 8 heteroatoms. The maximum atomic E-state index is 11.9. The molecule has 0 fully saturated rings. The van der Waals surface area contributed by atoms with Crippen molar-refractivity contribution in [2.75, 3.05) is 4.72 Å². The molecule has 1 aliphatic rings. The van der Waals surface area contributed by atoms with Crippen LogP contribution in [-0.4, -0.2) is 13.4 Å². The molecule has 2 heterocycles. The number of fused-ring (bicyclic) bond motifs is 1. The first-order chi connectivity index (χ1) is 12.5. The van der Waals surface area contributed by atoms with Crippen molar-refractivity contribution >= 4 is 27.5 Å². The van der Waals surface area contributed by atoms with Crippen LogP contribution in [0.3, 0.4) is 0 Å². The van der Waals surface area contributed by atoms with Gasteiger partial charge in [0.05, 0.1) is 5.69 Å². The summed E-state index contributed by atoms with van der Waals surface area (Å²) in [6.45, 7) is 0.194. The highest BCUT2D eigenvalue weighted by molar-refractivity contribution is 7.90. The highest BCUT2D eigenvalue weighted by Gasteiger charge is 2.23. The van der Waals surface area contributed by atoms with Crippen LogP contribution < -0.4 is 14.2 Å². The molecule has 0 radical (unpaired) electrons. The van der Waals surface area contributed by atoms with Crippen molar-refractivity contribution in [3.63, 3.8) is 0 Å². The molecule has 3 aromatic rings. The minimum atomic E-state index is -3.56. The second kappa shape index (κ2) is 6.60. The van der Waals surface area contributed by atoms with Crippen LogP contribution in [-0.2, 0) is 16.8 Å². The van der Waals surface area contributed by atoms with Crippen molar-refractivity contribution in [2.45, 2.75) is 6.54 Å². The van der Waals surface area contributed by atoms with Gasteiger partial charge in [0.15, 0.2) is 0 Å². The van der Waals surface area contributed by atoms with Crippen LogP contribution in [0.15, 0.2) is 60.8 Å². The van der Waals surface area contributed by atoms with E-state index in [1.54, 1.807) is 36.5 Å². The molecule has 0 spiro atoms. The Morgan fingerprint density at radius 2 is 1.88 bits per heavy atom. The normalized spacial score (nSPS) is 15.0. The number of benzene rings is 2. The fraction of sp³-hybridized carbons (Fsp3) is 0.0556. The summed E-state index contributed by atoms with van der Waals surface area (Å²) in [4.78, 5) is 4.12. The molecule has 0 aliphatic carbocycles. The predicted molar refractivity (Wildman–Crippen MR) is 101 cm³/mol. The van der Waals surface area contributed by atoms with E-state index in [1.165, 1.54) is 0 Å². The number of nitrogens with zero attached hydrogens (tertiary/aromatic N) is 1. The van der Waals surface area contributed by atoms with Crippen molar-refractivity contribution in [2.24, 2.45) is 0 Å². The minimum Gasteiger partial charge on any atom is -0.439 e. The number of hydrogen-bond donors (Lipinski definition) is 2. The number of rotatable bonds is 3. The second-order valence-electron chi connectivity index (χ2n) is 5.71. The molecular weight excluding hydrogens is 374 g/mol. The quantitative estimate of drug-likeness (QED) is 0.713. The van der Waals surface area contributed by atoms with Gasteiger partial charge in [0, 0.05) is 29.4 Å². The predicted octanol–water partition coefficient (Wildman–Crippen LogP) is 3.95. The molecule has 1 aromatic heterocycles. The summed E-state index contributed by atoms with van der Waals surface area (Å²) in [5.41, 5.74) is 2.85. The lowest BCUT2D eigenvalue weighted by molar-refractivity contribution is 0.463. The van der Waals surface area contributed by atoms with Gasteiger partial charge in [0.25, 0.3) is 10.2 Å². The van der Waals surface area contributed by atoms with Gasteiger partial charge in [0.1, 0.15) is 5.75 Å². The van der Waals surface area contributed by atoms with Crippen LogP contribution in [0, 0.1) is 0 Å². The minimum absolute atomic E-state index is 0.194. The molecular formula is C18H14ClN3O3S. The van der Waals surface area contributed by atoms with E-state index in [4.69, 9.17) is 16.3 Å². The average Bonchev–Trinajstić information content (AvgIpc) is 2.63. The maximum absolute atomic E-state index is 11.9. The van der Waals surface area contributed by atoms with Crippen molar-refractivity contribution < 1.29 is 13.2 Å². The number of hydrogen-bond acceptors (Lipinski definition) is 4. The van der Waals surface area contributed by atoms with Crippen LogP contribution in [0.2, 0.25) is 5.02 Å². The maximum Gasteiger partial charge on any atom is 0.299 e. The van der Waals surface area contributed by atoms with Gasteiger partial charge in [-0.1, -0.05) is 29.8 Å². The van der Waals surface area contributed by atoms with Gasteiger partial charge >= 0.3 is 0 Å². The molecule has 2 aromatic carbocycles. The largest absolute Gasteiger partial charge is 0.439 e. The zero-order valence-electron chi connectivity index (χ0n) is 13.4. The molecule has 2 N–H and O–H groups in total. The molecule has 0 bridgehead atoms. The Bertz CT molecular complexity index is 1060. The fourth-order valence-corrected chi connectivity index (χ4v) is 3.89. The molecule has 132 valence electrons. The van der Waals surface area contributed by atoms with Gasteiger partial charge in [-0.15, -0.1) is 0 Å². The van der Waals surface area contributed by atoms with E-state index in [2.05, 4.69) is 14.4 Å². The van der Waals surface area contributed by atoms with E-state index in [-0.39, 0.29) is 6.54 Å². The summed E-state index contributed by atoms with van der Waals surface area (Å²) >= 11 is 6.20. The van der Waals surface area contributed by atoms with Crippen molar-refractivity contribution in [1.82, 2.24) is 9.71 Å². The van der Waals surface area contributed by atoms with E-state index < -0.39 is 10.2 Å². The molecule has 4 rings (SSSR count). The van der Waals surface area contributed by atoms with E-state index >= 15 is 0 Å². The van der Waals surface area contributed by atoms with Crippen LogP contribution >= 0.6 is 11.6 Å². The highest BCUT2D eigenvalue weighted by atomic mass is 35.5. The van der Waals surface area contributed by atoms with Gasteiger partial charge in [-0.05, 0) is 41.5 Å². The third kappa shape index (κ3) is 3.50. The lowest BCUT2D eigenvalue weighted by Gasteiger charge is -2.22. The Morgan fingerprint density at radius 3 is 2.62 bits per heavy atom. The van der Waals surface area contributed by atoms with Crippen LogP contribution in [0.5, 0.6) is 11.6 Å². The van der Waals surface area contributed by atoms with Gasteiger partial charge in [-0.25, -0.2) is 4.98 Å². The third-order valence-electron chi connectivity index (χ3n) is 3.90. The zero-order valence-corrected chi connectivity index (χ0v) is 15.0. The molecule has 0 atom stereocenters. The van der Waals surface area contributed by atoms with Crippen LogP contribution in [0.25, 0.3) is 11.1 Å². The summed E-state index contributed by atoms with van der Waals surface area (Å²) in [6.07, 6.45) is 1.65. The van der Waals surface area contributed by atoms with E-state index in [1.807, 2.05) is 24.3 Å². The first kappa shape index (κ1) is 16.8. The standard InChI is InChI=1S/C18H14ClN3O3S/c19-14-9-13-11-21-26(23,24)22-18(13)16(10-14)12-4-6-15(7-5-12)25-17-3-1-2-8-20-17/h1-10,21-22H,11H2. The first-order valence-corrected chi connectivity index (χ1v) is 9.65. The first-order valence-electron chi connectivity index (χ1n) is 7.79. The van der Waals surface area contributed by atoms with E-state index in [0.717, 1.165) is 11.1 Å². The Labute approximate surface area is 156 Å². The Balaban J connectivity index is 1.69. The highest BCUT2D eigenvalue weighted by Crippen LogP contribution is 2.37. The van der Waals surface area contributed by atoms with Crippen LogP contribution in [0.4, 0.5) is 5.69 Å². The van der Waals surface area contributed by atoms with E-state index in [9.17, 15) is 8.42 Å². The zero-order chi connectivity index (χ0) is 18.1. The number of halogens is 1.